The van der Waals surface area contributed by atoms with E-state index in [0.717, 1.165) is 11.3 Å². The fourth-order valence-corrected chi connectivity index (χ4v) is 1.64. The maximum atomic E-state index is 11.8. The number of anilines is 1. The van der Waals surface area contributed by atoms with Crippen LogP contribution in [-0.4, -0.2) is 18.5 Å². The van der Waals surface area contributed by atoms with Crippen molar-refractivity contribution in [1.29, 1.82) is 0 Å². The second kappa shape index (κ2) is 6.64. The molecule has 0 aliphatic carbocycles. The van der Waals surface area contributed by atoms with E-state index >= 15 is 0 Å². The van der Waals surface area contributed by atoms with Crippen LogP contribution in [0.2, 0.25) is 5.02 Å². The highest BCUT2D eigenvalue weighted by Crippen LogP contribution is 2.20. The molecule has 3 nitrogen and oxygen atoms in total. The number of carbonyl (C=O) groups excluding carboxylic acids is 1. The van der Waals surface area contributed by atoms with Crippen molar-refractivity contribution in [1.82, 2.24) is 5.32 Å². The minimum atomic E-state index is -0.275. The predicted molar refractivity (Wildman–Crippen MR) is 77.1 cm³/mol. The van der Waals surface area contributed by atoms with Gasteiger partial charge in [-0.15, -0.1) is 0 Å². The van der Waals surface area contributed by atoms with Crippen LogP contribution in [0.1, 0.15) is 26.3 Å². The molecule has 0 radical (unpaired) electrons. The zero-order chi connectivity index (χ0) is 13.7. The minimum absolute atomic E-state index is 0.000368. The van der Waals surface area contributed by atoms with Crippen molar-refractivity contribution in [2.24, 2.45) is 5.92 Å². The van der Waals surface area contributed by atoms with Crippen LogP contribution in [0.3, 0.4) is 0 Å². The molecule has 100 valence electrons. The van der Waals surface area contributed by atoms with E-state index < -0.39 is 0 Å². The van der Waals surface area contributed by atoms with E-state index in [-0.39, 0.29) is 11.9 Å². The Morgan fingerprint density at radius 3 is 2.56 bits per heavy atom. The van der Waals surface area contributed by atoms with Crippen molar-refractivity contribution in [3.05, 3.63) is 28.8 Å². The molecular formula is C14H21ClN2O. The molecule has 2 N–H and O–H groups in total. The van der Waals surface area contributed by atoms with Crippen LogP contribution < -0.4 is 10.6 Å². The summed E-state index contributed by atoms with van der Waals surface area (Å²) in [7, 11) is 0. The Labute approximate surface area is 114 Å². The quantitative estimate of drug-likeness (QED) is 0.861. The van der Waals surface area contributed by atoms with Crippen LogP contribution in [-0.2, 0) is 4.79 Å². The molecule has 0 aromatic heterocycles. The average molecular weight is 269 g/mol. The van der Waals surface area contributed by atoms with Crippen LogP contribution in [0, 0.1) is 12.8 Å². The second-order valence-electron chi connectivity index (χ2n) is 4.97. The summed E-state index contributed by atoms with van der Waals surface area (Å²) < 4.78 is 0. The molecule has 4 heteroatoms. The van der Waals surface area contributed by atoms with Crippen molar-refractivity contribution in [2.75, 3.05) is 11.9 Å². The van der Waals surface area contributed by atoms with Crippen molar-refractivity contribution < 1.29 is 4.79 Å². The molecule has 0 spiro atoms. The SMILES string of the molecule is Cc1ccc(NC(C)C(=O)NCC(C)C)cc1Cl. The van der Waals surface area contributed by atoms with Crippen molar-refractivity contribution >= 4 is 23.2 Å². The fourth-order valence-electron chi connectivity index (χ4n) is 1.46. The summed E-state index contributed by atoms with van der Waals surface area (Å²) in [4.78, 5) is 11.8. The summed E-state index contributed by atoms with van der Waals surface area (Å²) in [5.41, 5.74) is 1.89. The third-order valence-electron chi connectivity index (χ3n) is 2.63. The molecule has 1 atom stereocenters. The Morgan fingerprint density at radius 1 is 1.33 bits per heavy atom. The molecule has 0 saturated carbocycles. The molecule has 1 rings (SSSR count). The van der Waals surface area contributed by atoms with Gasteiger partial charge in [0.2, 0.25) is 5.91 Å². The Hall–Kier alpha value is -1.22. The number of nitrogens with one attached hydrogen (secondary N) is 2. The highest BCUT2D eigenvalue weighted by molar-refractivity contribution is 6.31. The summed E-state index contributed by atoms with van der Waals surface area (Å²) in [6.07, 6.45) is 0. The van der Waals surface area contributed by atoms with Gasteiger partial charge in [-0.3, -0.25) is 4.79 Å². The first kappa shape index (κ1) is 14.8. The normalized spacial score (nSPS) is 12.3. The van der Waals surface area contributed by atoms with E-state index in [0.29, 0.717) is 17.5 Å². The van der Waals surface area contributed by atoms with Gasteiger partial charge >= 0.3 is 0 Å². The number of amides is 1. The summed E-state index contributed by atoms with van der Waals surface area (Å²) in [5, 5.41) is 6.73. The van der Waals surface area contributed by atoms with Crippen molar-refractivity contribution in [3.8, 4) is 0 Å². The van der Waals surface area contributed by atoms with E-state index in [2.05, 4.69) is 24.5 Å². The van der Waals surface area contributed by atoms with E-state index in [1.165, 1.54) is 0 Å². The molecule has 0 bridgehead atoms. The van der Waals surface area contributed by atoms with Crippen LogP contribution >= 0.6 is 11.6 Å². The van der Waals surface area contributed by atoms with Gasteiger partial charge in [0.1, 0.15) is 6.04 Å². The minimum Gasteiger partial charge on any atom is -0.374 e. The van der Waals surface area contributed by atoms with Gasteiger partial charge in [-0.05, 0) is 37.5 Å². The van der Waals surface area contributed by atoms with Gasteiger partial charge < -0.3 is 10.6 Å². The molecular weight excluding hydrogens is 248 g/mol. The molecule has 1 aromatic carbocycles. The maximum Gasteiger partial charge on any atom is 0.242 e. The highest BCUT2D eigenvalue weighted by Gasteiger charge is 2.12. The van der Waals surface area contributed by atoms with E-state index in [4.69, 9.17) is 11.6 Å². The van der Waals surface area contributed by atoms with E-state index in [1.807, 2.05) is 32.0 Å². The van der Waals surface area contributed by atoms with Gasteiger partial charge in [-0.2, -0.15) is 0 Å². The molecule has 0 aliphatic rings. The molecule has 0 fully saturated rings. The Kier molecular flexibility index (Phi) is 5.48. The summed E-state index contributed by atoms with van der Waals surface area (Å²) in [6, 6.07) is 5.42. The lowest BCUT2D eigenvalue weighted by Crippen LogP contribution is -2.39. The molecule has 0 heterocycles. The smallest absolute Gasteiger partial charge is 0.242 e. The molecule has 0 saturated heterocycles. The predicted octanol–water partition coefficient (Wildman–Crippen LogP) is 3.22. The van der Waals surface area contributed by atoms with Crippen LogP contribution in [0.15, 0.2) is 18.2 Å². The molecule has 1 unspecified atom stereocenters. The number of halogens is 1. The monoisotopic (exact) mass is 268 g/mol. The van der Waals surface area contributed by atoms with Gasteiger partial charge in [0.15, 0.2) is 0 Å². The average Bonchev–Trinajstić information content (AvgIpc) is 2.30. The van der Waals surface area contributed by atoms with Gasteiger partial charge in [0, 0.05) is 17.3 Å². The van der Waals surface area contributed by atoms with Crippen LogP contribution in [0.25, 0.3) is 0 Å². The number of aryl methyl sites for hydroxylation is 1. The zero-order valence-electron chi connectivity index (χ0n) is 11.4. The summed E-state index contributed by atoms with van der Waals surface area (Å²) >= 11 is 6.04. The number of benzene rings is 1. The summed E-state index contributed by atoms with van der Waals surface area (Å²) in [6.45, 7) is 8.62. The number of hydrogen-bond donors (Lipinski definition) is 2. The van der Waals surface area contributed by atoms with Gasteiger partial charge in [0.25, 0.3) is 0 Å². The Balaban J connectivity index is 2.55. The number of rotatable bonds is 5. The van der Waals surface area contributed by atoms with Crippen LogP contribution in [0.5, 0.6) is 0 Å². The fraction of sp³-hybridized carbons (Fsp3) is 0.500. The number of carbonyl (C=O) groups is 1. The lowest BCUT2D eigenvalue weighted by Gasteiger charge is -2.16. The standard InChI is InChI=1S/C14H21ClN2O/c1-9(2)8-16-14(18)11(4)17-12-6-5-10(3)13(15)7-12/h5-7,9,11,17H,8H2,1-4H3,(H,16,18). The Morgan fingerprint density at radius 2 is 2.00 bits per heavy atom. The van der Waals surface area contributed by atoms with Gasteiger partial charge in [0.05, 0.1) is 0 Å². The van der Waals surface area contributed by atoms with Crippen molar-refractivity contribution in [3.63, 3.8) is 0 Å². The molecule has 0 aliphatic heterocycles. The van der Waals surface area contributed by atoms with Crippen molar-refractivity contribution in [2.45, 2.75) is 33.7 Å². The van der Waals surface area contributed by atoms with Gasteiger partial charge in [-0.1, -0.05) is 31.5 Å². The van der Waals surface area contributed by atoms with Crippen LogP contribution in [0.4, 0.5) is 5.69 Å². The highest BCUT2D eigenvalue weighted by atomic mass is 35.5. The van der Waals surface area contributed by atoms with E-state index in [9.17, 15) is 4.79 Å². The number of hydrogen-bond acceptors (Lipinski definition) is 2. The topological polar surface area (TPSA) is 41.1 Å². The third kappa shape index (κ3) is 4.57. The van der Waals surface area contributed by atoms with Gasteiger partial charge in [-0.25, -0.2) is 0 Å². The summed E-state index contributed by atoms with van der Waals surface area (Å²) in [5.74, 6) is 0.454. The third-order valence-corrected chi connectivity index (χ3v) is 3.04. The first-order valence-electron chi connectivity index (χ1n) is 6.20. The molecule has 1 aromatic rings. The largest absolute Gasteiger partial charge is 0.374 e. The Bertz CT molecular complexity index is 418. The first-order valence-corrected chi connectivity index (χ1v) is 6.58. The first-order chi connectivity index (χ1) is 8.40. The molecule has 1 amide bonds. The zero-order valence-corrected chi connectivity index (χ0v) is 12.1. The van der Waals surface area contributed by atoms with E-state index in [1.54, 1.807) is 0 Å². The molecule has 18 heavy (non-hydrogen) atoms. The second-order valence-corrected chi connectivity index (χ2v) is 5.38. The lowest BCUT2D eigenvalue weighted by molar-refractivity contribution is -0.121. The maximum absolute atomic E-state index is 11.8. The lowest BCUT2D eigenvalue weighted by atomic mass is 10.2.